The third-order valence-corrected chi connectivity index (χ3v) is 3.01. The molecule has 16 heavy (non-hydrogen) atoms. The molecule has 1 amide bonds. The van der Waals surface area contributed by atoms with Gasteiger partial charge in [-0.25, -0.2) is 4.39 Å². The van der Waals surface area contributed by atoms with Gasteiger partial charge in [0.1, 0.15) is 5.82 Å². The van der Waals surface area contributed by atoms with Gasteiger partial charge in [-0.15, -0.1) is 0 Å². The van der Waals surface area contributed by atoms with Crippen molar-refractivity contribution in [2.24, 2.45) is 0 Å². The fraction of sp³-hybridized carbons (Fsp3) is 0.364. The second-order valence-corrected chi connectivity index (χ2v) is 4.94. The van der Waals surface area contributed by atoms with Gasteiger partial charge in [-0.2, -0.15) is 0 Å². The highest BCUT2D eigenvalue weighted by atomic mass is 127. The number of carbonyl (C=O) groups is 1. The standard InChI is InChI=1S/C11H11FINO2/c12-8-3-7(4-9(13)5-8)11(15)14-10-1-2-16-6-10/h3-5,10H,1-2,6H2,(H,14,15). The summed E-state index contributed by atoms with van der Waals surface area (Å²) in [6.45, 7) is 1.21. The number of ether oxygens (including phenoxy) is 1. The molecule has 1 unspecified atom stereocenters. The van der Waals surface area contributed by atoms with E-state index < -0.39 is 0 Å². The van der Waals surface area contributed by atoms with Gasteiger partial charge in [0, 0.05) is 15.7 Å². The van der Waals surface area contributed by atoms with Crippen LogP contribution in [0.4, 0.5) is 4.39 Å². The lowest BCUT2D eigenvalue weighted by Gasteiger charge is -2.10. The van der Waals surface area contributed by atoms with Gasteiger partial charge < -0.3 is 10.1 Å². The van der Waals surface area contributed by atoms with Crippen LogP contribution >= 0.6 is 22.6 Å². The second kappa shape index (κ2) is 5.09. The quantitative estimate of drug-likeness (QED) is 0.839. The van der Waals surface area contributed by atoms with Crippen molar-refractivity contribution in [2.45, 2.75) is 12.5 Å². The Hall–Kier alpha value is -0.690. The lowest BCUT2D eigenvalue weighted by atomic mass is 10.2. The van der Waals surface area contributed by atoms with Crippen LogP contribution in [-0.4, -0.2) is 25.2 Å². The van der Waals surface area contributed by atoms with E-state index in [2.05, 4.69) is 5.32 Å². The third-order valence-electron chi connectivity index (χ3n) is 2.39. The van der Waals surface area contributed by atoms with Crippen molar-refractivity contribution in [1.29, 1.82) is 0 Å². The van der Waals surface area contributed by atoms with Crippen LogP contribution in [0.2, 0.25) is 0 Å². The molecule has 1 heterocycles. The first kappa shape index (κ1) is 11.8. The summed E-state index contributed by atoms with van der Waals surface area (Å²) in [6.07, 6.45) is 0.818. The van der Waals surface area contributed by atoms with Gasteiger partial charge in [0.05, 0.1) is 12.6 Å². The van der Waals surface area contributed by atoms with E-state index in [1.54, 1.807) is 6.07 Å². The van der Waals surface area contributed by atoms with Gasteiger partial charge in [-0.05, 0) is 47.2 Å². The van der Waals surface area contributed by atoms with E-state index in [0.29, 0.717) is 22.3 Å². The normalized spacial score (nSPS) is 19.8. The predicted octanol–water partition coefficient (Wildman–Crippen LogP) is 1.95. The molecule has 1 aliphatic rings. The molecule has 1 atom stereocenters. The molecule has 1 aromatic carbocycles. The van der Waals surface area contributed by atoms with Crippen molar-refractivity contribution in [2.75, 3.05) is 13.2 Å². The van der Waals surface area contributed by atoms with Gasteiger partial charge in [-0.1, -0.05) is 0 Å². The Kier molecular flexibility index (Phi) is 3.75. The lowest BCUT2D eigenvalue weighted by Crippen LogP contribution is -2.35. The Bertz CT molecular complexity index is 385. The van der Waals surface area contributed by atoms with Gasteiger partial charge in [0.25, 0.3) is 5.91 Å². The van der Waals surface area contributed by atoms with E-state index in [0.717, 1.165) is 6.42 Å². The van der Waals surface area contributed by atoms with Crippen LogP contribution in [0.15, 0.2) is 18.2 Å². The summed E-state index contributed by atoms with van der Waals surface area (Å²) < 4.78 is 19.0. The molecular formula is C11H11FINO2. The average Bonchev–Trinajstić information content (AvgIpc) is 2.68. The lowest BCUT2D eigenvalue weighted by molar-refractivity contribution is 0.0929. The zero-order chi connectivity index (χ0) is 11.5. The number of halogens is 2. The van der Waals surface area contributed by atoms with Crippen LogP contribution in [0.3, 0.4) is 0 Å². The molecule has 1 aliphatic heterocycles. The molecule has 0 aromatic heterocycles. The van der Waals surface area contributed by atoms with E-state index in [-0.39, 0.29) is 17.8 Å². The van der Waals surface area contributed by atoms with Crippen molar-refractivity contribution in [3.8, 4) is 0 Å². The van der Waals surface area contributed by atoms with Crippen molar-refractivity contribution >= 4 is 28.5 Å². The molecule has 1 saturated heterocycles. The molecule has 0 bridgehead atoms. The summed E-state index contributed by atoms with van der Waals surface area (Å²) >= 11 is 1.98. The summed E-state index contributed by atoms with van der Waals surface area (Å²) in [5.41, 5.74) is 0.358. The fourth-order valence-corrected chi connectivity index (χ4v) is 2.23. The first-order chi connectivity index (χ1) is 7.65. The fourth-order valence-electron chi connectivity index (χ4n) is 1.60. The first-order valence-electron chi connectivity index (χ1n) is 5.00. The summed E-state index contributed by atoms with van der Waals surface area (Å²) in [5.74, 6) is -0.632. The molecule has 1 fully saturated rings. The zero-order valence-electron chi connectivity index (χ0n) is 8.50. The first-order valence-corrected chi connectivity index (χ1v) is 6.08. The summed E-state index contributed by atoms with van der Waals surface area (Å²) in [4.78, 5) is 11.8. The van der Waals surface area contributed by atoms with Crippen LogP contribution in [-0.2, 0) is 4.74 Å². The number of rotatable bonds is 2. The molecule has 1 N–H and O–H groups in total. The van der Waals surface area contributed by atoms with Crippen molar-refractivity contribution in [3.63, 3.8) is 0 Å². The van der Waals surface area contributed by atoms with Crippen molar-refractivity contribution in [1.82, 2.24) is 5.32 Å². The molecule has 0 radical (unpaired) electrons. The maximum absolute atomic E-state index is 13.1. The van der Waals surface area contributed by atoms with Crippen LogP contribution in [0.1, 0.15) is 16.8 Å². The number of nitrogens with one attached hydrogen (secondary N) is 1. The van der Waals surface area contributed by atoms with E-state index in [4.69, 9.17) is 4.74 Å². The van der Waals surface area contributed by atoms with E-state index in [1.807, 2.05) is 22.6 Å². The maximum atomic E-state index is 13.1. The highest BCUT2D eigenvalue weighted by Gasteiger charge is 2.18. The molecule has 3 nitrogen and oxygen atoms in total. The van der Waals surface area contributed by atoms with Crippen molar-refractivity contribution in [3.05, 3.63) is 33.1 Å². The molecule has 0 saturated carbocycles. The summed E-state index contributed by atoms with van der Waals surface area (Å²) in [6, 6.07) is 4.34. The molecule has 1 aromatic rings. The van der Waals surface area contributed by atoms with Gasteiger partial charge in [0.2, 0.25) is 0 Å². The molecule has 0 aliphatic carbocycles. The number of hydrogen-bond acceptors (Lipinski definition) is 2. The maximum Gasteiger partial charge on any atom is 0.251 e. The monoisotopic (exact) mass is 335 g/mol. The summed E-state index contributed by atoms with van der Waals surface area (Å²) in [5, 5.41) is 2.82. The van der Waals surface area contributed by atoms with Gasteiger partial charge in [0.15, 0.2) is 0 Å². The molecule has 0 spiro atoms. The smallest absolute Gasteiger partial charge is 0.251 e. The number of hydrogen-bond donors (Lipinski definition) is 1. The van der Waals surface area contributed by atoms with Crippen LogP contribution in [0.25, 0.3) is 0 Å². The third kappa shape index (κ3) is 2.91. The van der Waals surface area contributed by atoms with E-state index >= 15 is 0 Å². The molecular weight excluding hydrogens is 324 g/mol. The largest absolute Gasteiger partial charge is 0.379 e. The topological polar surface area (TPSA) is 38.3 Å². The molecule has 2 rings (SSSR count). The van der Waals surface area contributed by atoms with Crippen molar-refractivity contribution < 1.29 is 13.9 Å². The minimum atomic E-state index is -0.389. The molecule has 86 valence electrons. The minimum absolute atomic E-state index is 0.0495. The highest BCUT2D eigenvalue weighted by Crippen LogP contribution is 2.12. The van der Waals surface area contributed by atoms with Gasteiger partial charge in [-0.3, -0.25) is 4.79 Å². The Labute approximate surface area is 107 Å². The number of amides is 1. The number of benzene rings is 1. The Morgan fingerprint density at radius 2 is 2.31 bits per heavy atom. The van der Waals surface area contributed by atoms with E-state index in [1.165, 1.54) is 12.1 Å². The molecule has 5 heteroatoms. The predicted molar refractivity (Wildman–Crippen MR) is 65.8 cm³/mol. The zero-order valence-corrected chi connectivity index (χ0v) is 10.7. The highest BCUT2D eigenvalue weighted by molar-refractivity contribution is 14.1. The number of carbonyl (C=O) groups excluding carboxylic acids is 1. The summed E-state index contributed by atoms with van der Waals surface area (Å²) in [7, 11) is 0. The van der Waals surface area contributed by atoms with E-state index in [9.17, 15) is 9.18 Å². The van der Waals surface area contributed by atoms with Crippen LogP contribution in [0.5, 0.6) is 0 Å². The Morgan fingerprint density at radius 1 is 1.50 bits per heavy atom. The average molecular weight is 335 g/mol. The Balaban J connectivity index is 2.07. The van der Waals surface area contributed by atoms with Crippen LogP contribution < -0.4 is 5.32 Å². The van der Waals surface area contributed by atoms with Crippen LogP contribution in [0, 0.1) is 9.39 Å². The Morgan fingerprint density at radius 3 is 2.94 bits per heavy atom. The van der Waals surface area contributed by atoms with Gasteiger partial charge >= 0.3 is 0 Å². The second-order valence-electron chi connectivity index (χ2n) is 3.69. The SMILES string of the molecule is O=C(NC1CCOC1)c1cc(F)cc(I)c1. The minimum Gasteiger partial charge on any atom is -0.379 e.